The van der Waals surface area contributed by atoms with Crippen LogP contribution in [-0.2, 0) is 28.4 Å². The molecule has 0 fully saturated rings. The lowest BCUT2D eigenvalue weighted by Gasteiger charge is -2.28. The molecule has 1 aromatic carbocycles. The lowest BCUT2D eigenvalue weighted by Crippen LogP contribution is -2.44. The van der Waals surface area contributed by atoms with E-state index in [1.54, 1.807) is 13.0 Å². The Morgan fingerprint density at radius 2 is 1.97 bits per heavy atom. The van der Waals surface area contributed by atoms with E-state index in [2.05, 4.69) is 10.3 Å². The fourth-order valence-electron chi connectivity index (χ4n) is 3.21. The van der Waals surface area contributed by atoms with Crippen LogP contribution in [0.4, 0.5) is 26.3 Å². The summed E-state index contributed by atoms with van der Waals surface area (Å²) in [6, 6.07) is 5.57. The summed E-state index contributed by atoms with van der Waals surface area (Å²) in [6.07, 6.45) is -11.1. The van der Waals surface area contributed by atoms with Crippen molar-refractivity contribution in [1.29, 1.82) is 5.26 Å². The van der Waals surface area contributed by atoms with Crippen molar-refractivity contribution in [2.45, 2.75) is 31.3 Å². The molecule has 0 radical (unpaired) electrons. The summed E-state index contributed by atoms with van der Waals surface area (Å²) in [5.41, 5.74) is -6.14. The molecule has 0 spiro atoms. The van der Waals surface area contributed by atoms with Crippen LogP contribution in [0.25, 0.3) is 0 Å². The fourth-order valence-corrected chi connectivity index (χ4v) is 3.21. The van der Waals surface area contributed by atoms with Gasteiger partial charge in [0.15, 0.2) is 5.69 Å². The van der Waals surface area contributed by atoms with Crippen LogP contribution in [0.1, 0.15) is 46.2 Å². The molecule has 0 bridgehead atoms. The Kier molecular flexibility index (Phi) is 5.67. The highest BCUT2D eigenvalue weighted by Gasteiger charge is 2.64. The normalized spacial score (nSPS) is 18.7. The number of halogens is 6. The number of hydrogen-bond acceptors (Lipinski definition) is 6. The van der Waals surface area contributed by atoms with Crippen LogP contribution < -0.4 is 0 Å². The number of nitriles is 1. The van der Waals surface area contributed by atoms with E-state index < -0.39 is 41.7 Å². The smallest absolute Gasteiger partial charge is 0.437 e. The number of esters is 1. The van der Waals surface area contributed by atoms with Gasteiger partial charge in [0, 0.05) is 12.6 Å². The van der Waals surface area contributed by atoms with Gasteiger partial charge in [0.25, 0.3) is 5.60 Å². The number of aromatic nitrogens is 2. The average Bonchev–Trinajstić information content (AvgIpc) is 3.32. The first-order valence-electron chi connectivity index (χ1n) is 8.99. The Labute approximate surface area is 176 Å². The number of aryl methyl sites for hydroxylation is 1. The van der Waals surface area contributed by atoms with E-state index in [0.717, 1.165) is 13.1 Å². The van der Waals surface area contributed by atoms with Gasteiger partial charge in [0.2, 0.25) is 0 Å². The molecule has 0 saturated heterocycles. The second-order valence-corrected chi connectivity index (χ2v) is 6.76. The molecule has 0 aliphatic carbocycles. The van der Waals surface area contributed by atoms with E-state index in [-0.39, 0.29) is 35.1 Å². The maximum atomic E-state index is 14.0. The number of ether oxygens (including phenoxy) is 1. The van der Waals surface area contributed by atoms with E-state index in [9.17, 15) is 36.4 Å². The molecule has 170 valence electrons. The molecule has 0 N–H and O–H groups in total. The van der Waals surface area contributed by atoms with Crippen molar-refractivity contribution in [3.8, 4) is 6.07 Å². The van der Waals surface area contributed by atoms with E-state index in [4.69, 9.17) is 9.57 Å². The summed E-state index contributed by atoms with van der Waals surface area (Å²) in [4.78, 5) is 16.6. The summed E-state index contributed by atoms with van der Waals surface area (Å²) in [5.74, 6) is -0.792. The van der Waals surface area contributed by atoms with Crippen LogP contribution in [0, 0.1) is 11.3 Å². The predicted octanol–water partition coefficient (Wildman–Crippen LogP) is 4.07. The molecular formula is C19H14F6N4O3. The average molecular weight is 460 g/mol. The first-order valence-corrected chi connectivity index (χ1v) is 8.99. The number of carbonyl (C=O) groups is 1. The lowest BCUT2D eigenvalue weighted by molar-refractivity contribution is -0.278. The van der Waals surface area contributed by atoms with Gasteiger partial charge in [-0.05, 0) is 25.1 Å². The molecule has 1 aliphatic heterocycles. The van der Waals surface area contributed by atoms with Crippen molar-refractivity contribution >= 4 is 11.7 Å². The van der Waals surface area contributed by atoms with Crippen LogP contribution >= 0.6 is 0 Å². The van der Waals surface area contributed by atoms with Gasteiger partial charge in [-0.2, -0.15) is 36.7 Å². The topological polar surface area (TPSA) is 89.5 Å². The number of carbonyl (C=O) groups excluding carboxylic acids is 1. The number of rotatable bonds is 4. The molecule has 32 heavy (non-hydrogen) atoms. The zero-order valence-corrected chi connectivity index (χ0v) is 16.5. The van der Waals surface area contributed by atoms with Crippen LogP contribution in [0.5, 0.6) is 0 Å². The standard InChI is InChI=1S/C19H14F6N4O3/c1-3-31-16(30)12-5-4-10(6-11(12)9-26)13-8-17(32-28-13,19(23,24)25)15-7-14(18(20,21)22)27-29(15)2/h4-7H,3,8H2,1-2H3. The molecule has 2 heterocycles. The summed E-state index contributed by atoms with van der Waals surface area (Å²) in [7, 11) is 0.932. The Morgan fingerprint density at radius 3 is 2.50 bits per heavy atom. The highest BCUT2D eigenvalue weighted by Crippen LogP contribution is 2.49. The fraction of sp³-hybridized carbons (Fsp3) is 0.368. The molecule has 1 atom stereocenters. The summed E-state index contributed by atoms with van der Waals surface area (Å²) < 4.78 is 86.3. The van der Waals surface area contributed by atoms with E-state index in [1.165, 1.54) is 12.1 Å². The van der Waals surface area contributed by atoms with Gasteiger partial charge < -0.3 is 9.57 Å². The van der Waals surface area contributed by atoms with E-state index >= 15 is 0 Å². The van der Waals surface area contributed by atoms with Gasteiger partial charge in [-0.3, -0.25) is 4.68 Å². The Bertz CT molecular complexity index is 1130. The maximum Gasteiger partial charge on any atom is 0.437 e. The predicted molar refractivity (Wildman–Crippen MR) is 95.3 cm³/mol. The number of nitrogens with zero attached hydrogens (tertiary/aromatic N) is 4. The second-order valence-electron chi connectivity index (χ2n) is 6.76. The van der Waals surface area contributed by atoms with Crippen LogP contribution in [0.15, 0.2) is 29.4 Å². The third-order valence-electron chi connectivity index (χ3n) is 4.74. The molecule has 1 aromatic heterocycles. The molecule has 7 nitrogen and oxygen atoms in total. The van der Waals surface area contributed by atoms with Gasteiger partial charge in [0.1, 0.15) is 6.07 Å². The highest BCUT2D eigenvalue weighted by atomic mass is 19.4. The minimum absolute atomic E-state index is 0.0268. The zero-order chi connectivity index (χ0) is 23.9. The monoisotopic (exact) mass is 460 g/mol. The number of oxime groups is 1. The largest absolute Gasteiger partial charge is 0.462 e. The summed E-state index contributed by atoms with van der Waals surface area (Å²) in [6.45, 7) is 1.60. The van der Waals surface area contributed by atoms with Crippen LogP contribution in [-0.4, -0.2) is 34.2 Å². The van der Waals surface area contributed by atoms with E-state index in [1.807, 2.05) is 0 Å². The first kappa shape index (κ1) is 23.1. The van der Waals surface area contributed by atoms with E-state index in [0.29, 0.717) is 4.68 Å². The molecule has 3 rings (SSSR count). The summed E-state index contributed by atoms with van der Waals surface area (Å²) >= 11 is 0. The third-order valence-corrected chi connectivity index (χ3v) is 4.74. The number of hydrogen-bond donors (Lipinski definition) is 0. The minimum Gasteiger partial charge on any atom is -0.462 e. The second kappa shape index (κ2) is 7.85. The van der Waals surface area contributed by atoms with Crippen molar-refractivity contribution < 1.29 is 40.7 Å². The third kappa shape index (κ3) is 3.88. The highest BCUT2D eigenvalue weighted by molar-refractivity contribution is 6.03. The van der Waals surface area contributed by atoms with Crippen molar-refractivity contribution in [3.63, 3.8) is 0 Å². The molecule has 13 heteroatoms. The van der Waals surface area contributed by atoms with Crippen LogP contribution in [0.2, 0.25) is 0 Å². The molecule has 2 aromatic rings. The summed E-state index contributed by atoms with van der Waals surface area (Å²) in [5, 5.41) is 15.9. The van der Waals surface area contributed by atoms with Crippen LogP contribution in [0.3, 0.4) is 0 Å². The van der Waals surface area contributed by atoms with Gasteiger partial charge in [-0.15, -0.1) is 0 Å². The van der Waals surface area contributed by atoms with Gasteiger partial charge in [-0.25, -0.2) is 4.79 Å². The molecular weight excluding hydrogens is 446 g/mol. The van der Waals surface area contributed by atoms with Gasteiger partial charge in [-0.1, -0.05) is 11.2 Å². The Balaban J connectivity index is 2.02. The van der Waals surface area contributed by atoms with Crippen molar-refractivity contribution in [1.82, 2.24) is 9.78 Å². The maximum absolute atomic E-state index is 14.0. The molecule has 1 aliphatic rings. The van der Waals surface area contributed by atoms with Crippen molar-refractivity contribution in [3.05, 3.63) is 52.3 Å². The minimum atomic E-state index is -5.15. The number of benzene rings is 1. The quantitative estimate of drug-likeness (QED) is 0.507. The molecule has 0 saturated carbocycles. The molecule has 0 amide bonds. The van der Waals surface area contributed by atoms with Crippen molar-refractivity contribution in [2.75, 3.05) is 6.61 Å². The first-order chi connectivity index (χ1) is 14.8. The number of alkyl halides is 6. The zero-order valence-electron chi connectivity index (χ0n) is 16.5. The Morgan fingerprint density at radius 1 is 1.28 bits per heavy atom. The van der Waals surface area contributed by atoms with Gasteiger partial charge >= 0.3 is 18.3 Å². The SMILES string of the molecule is CCOC(=O)c1ccc(C2=NOC(c3cc(C(F)(F)F)nn3C)(C(F)(F)F)C2)cc1C#N. The van der Waals surface area contributed by atoms with Gasteiger partial charge in [0.05, 0.1) is 35.6 Å². The molecule has 1 unspecified atom stereocenters. The van der Waals surface area contributed by atoms with Crippen molar-refractivity contribution in [2.24, 2.45) is 12.2 Å². The Hall–Kier alpha value is -3.56. The lowest BCUT2D eigenvalue weighted by atomic mass is 9.89.